The van der Waals surface area contributed by atoms with Gasteiger partial charge in [0.25, 0.3) is 5.91 Å². The van der Waals surface area contributed by atoms with Gasteiger partial charge in [-0.1, -0.05) is 12.1 Å². The quantitative estimate of drug-likeness (QED) is 0.367. The molecule has 0 saturated heterocycles. The van der Waals surface area contributed by atoms with E-state index in [0.29, 0.717) is 30.0 Å². The first-order valence-electron chi connectivity index (χ1n) is 8.75. The molecule has 4 N–H and O–H groups in total. The highest BCUT2D eigenvalue weighted by Crippen LogP contribution is 2.15. The molecule has 2 aromatic rings. The number of nitrogen functional groups attached to an aromatic ring is 1. The van der Waals surface area contributed by atoms with Crippen molar-refractivity contribution in [2.24, 2.45) is 5.73 Å². The van der Waals surface area contributed by atoms with E-state index in [1.54, 1.807) is 24.3 Å². The summed E-state index contributed by atoms with van der Waals surface area (Å²) in [7, 11) is 0. The molecular formula is C20H26N4O2. The fraction of sp³-hybridized carbons (Fsp3) is 0.300. The molecule has 26 heavy (non-hydrogen) atoms. The number of nitrogens with two attached hydrogens (primary N) is 1. The van der Waals surface area contributed by atoms with Gasteiger partial charge in [-0.15, -0.1) is 0 Å². The van der Waals surface area contributed by atoms with E-state index in [1.807, 2.05) is 24.3 Å². The van der Waals surface area contributed by atoms with Crippen LogP contribution in [-0.4, -0.2) is 38.0 Å². The molecule has 2 aromatic carbocycles. The smallest absolute Gasteiger partial charge is 0.251 e. The van der Waals surface area contributed by atoms with Gasteiger partial charge in [0, 0.05) is 29.9 Å². The summed E-state index contributed by atoms with van der Waals surface area (Å²) < 4.78 is 5.59. The van der Waals surface area contributed by atoms with Crippen LogP contribution >= 0.6 is 0 Å². The molecule has 0 unspecified atom stereocenters. The number of amidine groups is 1. The van der Waals surface area contributed by atoms with Gasteiger partial charge >= 0.3 is 0 Å². The fourth-order valence-corrected chi connectivity index (χ4v) is 2.60. The van der Waals surface area contributed by atoms with Crippen molar-refractivity contribution >= 4 is 17.4 Å². The van der Waals surface area contributed by atoms with Crippen molar-refractivity contribution in [3.8, 4) is 5.75 Å². The summed E-state index contributed by atoms with van der Waals surface area (Å²) in [5.41, 5.74) is 7.80. The summed E-state index contributed by atoms with van der Waals surface area (Å²) in [5, 5.41) is 10.3. The molecule has 1 amide bonds. The van der Waals surface area contributed by atoms with E-state index in [2.05, 4.69) is 24.1 Å². The van der Waals surface area contributed by atoms with Gasteiger partial charge in [0.2, 0.25) is 0 Å². The van der Waals surface area contributed by atoms with Gasteiger partial charge in [-0.05, 0) is 50.2 Å². The zero-order chi connectivity index (χ0) is 18.9. The fourth-order valence-electron chi connectivity index (χ4n) is 2.60. The number of benzene rings is 2. The lowest BCUT2D eigenvalue weighted by Gasteiger charge is -2.21. The molecule has 138 valence electrons. The van der Waals surface area contributed by atoms with Gasteiger partial charge in [-0.25, -0.2) is 0 Å². The summed E-state index contributed by atoms with van der Waals surface area (Å²) >= 11 is 0. The van der Waals surface area contributed by atoms with Crippen LogP contribution < -0.4 is 20.7 Å². The summed E-state index contributed by atoms with van der Waals surface area (Å²) in [4.78, 5) is 14.4. The first-order valence-corrected chi connectivity index (χ1v) is 8.75. The first kappa shape index (κ1) is 19.3. The Morgan fingerprint density at radius 3 is 2.42 bits per heavy atom. The van der Waals surface area contributed by atoms with Crippen LogP contribution in [-0.2, 0) is 0 Å². The highest BCUT2D eigenvalue weighted by molar-refractivity contribution is 5.95. The minimum atomic E-state index is -0.128. The van der Waals surface area contributed by atoms with E-state index in [-0.39, 0.29) is 11.7 Å². The summed E-state index contributed by atoms with van der Waals surface area (Å²) in [6, 6.07) is 14.6. The Hall–Kier alpha value is -3.02. The molecule has 0 aliphatic heterocycles. The van der Waals surface area contributed by atoms with Gasteiger partial charge in [0.05, 0.1) is 6.54 Å². The van der Waals surface area contributed by atoms with Crippen LogP contribution in [0, 0.1) is 5.41 Å². The lowest BCUT2D eigenvalue weighted by atomic mass is 10.2. The third-order valence-corrected chi connectivity index (χ3v) is 4.06. The number of hydrogen-bond acceptors (Lipinski definition) is 4. The van der Waals surface area contributed by atoms with Crippen molar-refractivity contribution in [3.05, 3.63) is 59.7 Å². The van der Waals surface area contributed by atoms with E-state index < -0.39 is 0 Å². The van der Waals surface area contributed by atoms with Crippen LogP contribution in [0.5, 0.6) is 5.75 Å². The third kappa shape index (κ3) is 5.24. The second-order valence-electron chi connectivity index (χ2n) is 5.77. The number of rotatable bonds is 9. The average molecular weight is 354 g/mol. The van der Waals surface area contributed by atoms with E-state index in [4.69, 9.17) is 15.9 Å². The standard InChI is InChI=1S/C20H26N4O2/c1-3-24(4-2)17-10-8-15(9-11-17)20(25)23-12-13-26-18-7-5-6-16(14-18)19(21)22/h5-11,14H,3-4,12-13H2,1-2H3,(H3,21,22)(H,23,25). The Kier molecular flexibility index (Phi) is 7.02. The van der Waals surface area contributed by atoms with Crippen molar-refractivity contribution in [1.82, 2.24) is 5.32 Å². The van der Waals surface area contributed by atoms with E-state index in [0.717, 1.165) is 18.8 Å². The second-order valence-corrected chi connectivity index (χ2v) is 5.77. The normalized spacial score (nSPS) is 10.2. The van der Waals surface area contributed by atoms with Crippen LogP contribution in [0.15, 0.2) is 48.5 Å². The lowest BCUT2D eigenvalue weighted by Crippen LogP contribution is -2.28. The largest absolute Gasteiger partial charge is 0.492 e. The number of anilines is 1. The van der Waals surface area contributed by atoms with E-state index in [9.17, 15) is 4.79 Å². The van der Waals surface area contributed by atoms with E-state index in [1.165, 1.54) is 0 Å². The van der Waals surface area contributed by atoms with Gasteiger partial charge < -0.3 is 20.7 Å². The second kappa shape index (κ2) is 9.46. The zero-order valence-electron chi connectivity index (χ0n) is 15.3. The Balaban J connectivity index is 1.81. The minimum absolute atomic E-state index is 0.00286. The topological polar surface area (TPSA) is 91.4 Å². The predicted octanol–water partition coefficient (Wildman–Crippen LogP) is 2.63. The summed E-state index contributed by atoms with van der Waals surface area (Å²) in [6.45, 7) is 6.81. The number of carbonyl (C=O) groups is 1. The molecule has 6 heteroatoms. The molecule has 0 aromatic heterocycles. The average Bonchev–Trinajstić information content (AvgIpc) is 2.67. The van der Waals surface area contributed by atoms with Gasteiger partial charge in [0.15, 0.2) is 0 Å². The molecule has 0 saturated carbocycles. The molecule has 0 bridgehead atoms. The lowest BCUT2D eigenvalue weighted by molar-refractivity contribution is 0.0947. The maximum atomic E-state index is 12.2. The predicted molar refractivity (Wildman–Crippen MR) is 105 cm³/mol. The van der Waals surface area contributed by atoms with Crippen molar-refractivity contribution in [2.45, 2.75) is 13.8 Å². The Morgan fingerprint density at radius 2 is 1.81 bits per heavy atom. The SMILES string of the molecule is CCN(CC)c1ccc(C(=O)NCCOc2cccc(C(=N)N)c2)cc1. The van der Waals surface area contributed by atoms with Crippen LogP contribution in [0.1, 0.15) is 29.8 Å². The maximum Gasteiger partial charge on any atom is 0.251 e. The van der Waals surface area contributed by atoms with Crippen LogP contribution in [0.25, 0.3) is 0 Å². The van der Waals surface area contributed by atoms with Crippen molar-refractivity contribution in [1.29, 1.82) is 5.41 Å². The third-order valence-electron chi connectivity index (χ3n) is 4.06. The molecule has 6 nitrogen and oxygen atoms in total. The van der Waals surface area contributed by atoms with Crippen molar-refractivity contribution in [3.63, 3.8) is 0 Å². The summed E-state index contributed by atoms with van der Waals surface area (Å²) in [6.07, 6.45) is 0. The molecule has 0 aliphatic rings. The molecule has 0 heterocycles. The molecule has 0 aliphatic carbocycles. The number of nitrogens with one attached hydrogen (secondary N) is 2. The number of amides is 1. The molecule has 0 radical (unpaired) electrons. The molecular weight excluding hydrogens is 328 g/mol. The maximum absolute atomic E-state index is 12.2. The Bertz CT molecular complexity index is 740. The van der Waals surface area contributed by atoms with Crippen molar-refractivity contribution in [2.75, 3.05) is 31.1 Å². The van der Waals surface area contributed by atoms with Crippen LogP contribution in [0.4, 0.5) is 5.69 Å². The first-order chi connectivity index (χ1) is 12.5. The Morgan fingerprint density at radius 1 is 1.12 bits per heavy atom. The summed E-state index contributed by atoms with van der Waals surface area (Å²) in [5.74, 6) is 0.490. The molecule has 2 rings (SSSR count). The van der Waals surface area contributed by atoms with Crippen LogP contribution in [0.3, 0.4) is 0 Å². The molecule has 0 fully saturated rings. The number of nitrogens with zero attached hydrogens (tertiary/aromatic N) is 1. The molecule has 0 spiro atoms. The monoisotopic (exact) mass is 354 g/mol. The Labute approximate surface area is 154 Å². The van der Waals surface area contributed by atoms with Crippen LogP contribution in [0.2, 0.25) is 0 Å². The van der Waals surface area contributed by atoms with Gasteiger partial charge in [-0.2, -0.15) is 0 Å². The number of carbonyl (C=O) groups excluding carboxylic acids is 1. The van der Waals surface area contributed by atoms with Gasteiger partial charge in [0.1, 0.15) is 18.2 Å². The highest BCUT2D eigenvalue weighted by Gasteiger charge is 2.07. The molecule has 0 atom stereocenters. The minimum Gasteiger partial charge on any atom is -0.492 e. The highest BCUT2D eigenvalue weighted by atomic mass is 16.5. The number of hydrogen-bond donors (Lipinski definition) is 3. The zero-order valence-corrected chi connectivity index (χ0v) is 15.3. The number of ether oxygens (including phenoxy) is 1. The van der Waals surface area contributed by atoms with E-state index >= 15 is 0 Å². The van der Waals surface area contributed by atoms with Gasteiger partial charge in [-0.3, -0.25) is 10.2 Å². The van der Waals surface area contributed by atoms with Crippen molar-refractivity contribution < 1.29 is 9.53 Å².